The fraction of sp³-hybridized carbons (Fsp3) is 0.391. The molecule has 0 aromatic heterocycles. The highest BCUT2D eigenvalue weighted by Crippen LogP contribution is 2.19. The highest BCUT2D eigenvalue weighted by molar-refractivity contribution is 5.89. The van der Waals surface area contributed by atoms with E-state index in [2.05, 4.69) is 5.32 Å². The van der Waals surface area contributed by atoms with Crippen LogP contribution in [0.25, 0.3) is 0 Å². The fourth-order valence-corrected chi connectivity index (χ4v) is 3.46. The van der Waals surface area contributed by atoms with Crippen LogP contribution in [-0.2, 0) is 16.1 Å². The predicted molar refractivity (Wildman–Crippen MR) is 111 cm³/mol. The minimum absolute atomic E-state index is 0.0375. The zero-order valence-electron chi connectivity index (χ0n) is 17.2. The number of amides is 2. The lowest BCUT2D eigenvalue weighted by Gasteiger charge is -2.17. The van der Waals surface area contributed by atoms with Crippen molar-refractivity contribution < 1.29 is 19.1 Å². The number of nitrogens with one attached hydrogen (secondary N) is 1. The van der Waals surface area contributed by atoms with Gasteiger partial charge in [-0.3, -0.25) is 9.59 Å². The van der Waals surface area contributed by atoms with Crippen LogP contribution < -0.4 is 14.8 Å². The number of aryl methyl sites for hydroxylation is 2. The van der Waals surface area contributed by atoms with Crippen LogP contribution in [0.2, 0.25) is 0 Å². The number of carbonyl (C=O) groups excluding carboxylic acids is 2. The van der Waals surface area contributed by atoms with Crippen LogP contribution >= 0.6 is 0 Å². The number of nitrogens with zero attached hydrogens (tertiary/aromatic N) is 1. The first-order chi connectivity index (χ1) is 14.0. The summed E-state index contributed by atoms with van der Waals surface area (Å²) in [5, 5.41) is 2.84. The molecule has 2 amide bonds. The summed E-state index contributed by atoms with van der Waals surface area (Å²) in [6.07, 6.45) is 0.841. The van der Waals surface area contributed by atoms with Gasteiger partial charge >= 0.3 is 0 Å². The number of rotatable bonds is 8. The van der Waals surface area contributed by atoms with E-state index in [9.17, 15) is 9.59 Å². The molecule has 3 rings (SSSR count). The van der Waals surface area contributed by atoms with Crippen LogP contribution in [-0.4, -0.2) is 43.0 Å². The highest BCUT2D eigenvalue weighted by Gasteiger charge is 2.32. The highest BCUT2D eigenvalue weighted by atomic mass is 16.5. The van der Waals surface area contributed by atoms with Gasteiger partial charge in [-0.2, -0.15) is 0 Å². The molecule has 0 saturated carbocycles. The van der Waals surface area contributed by atoms with Gasteiger partial charge in [0.2, 0.25) is 11.8 Å². The van der Waals surface area contributed by atoms with Gasteiger partial charge in [0.25, 0.3) is 0 Å². The van der Waals surface area contributed by atoms with Crippen LogP contribution in [0.3, 0.4) is 0 Å². The Morgan fingerprint density at radius 3 is 2.62 bits per heavy atom. The zero-order valence-corrected chi connectivity index (χ0v) is 17.2. The van der Waals surface area contributed by atoms with Crippen LogP contribution in [0, 0.1) is 13.8 Å². The number of likely N-dealkylation sites (tertiary alicyclic amines) is 1. The standard InChI is InChI=1S/C23H28N2O4/c1-16-4-9-21(17(2)14-16)29-13-11-22(26)24-20-10-12-25(23(20)27)15-18-5-7-19(28-3)8-6-18/h4-9,14,20H,10-13,15H2,1-3H3,(H,24,26)/t20-/m1/s1. The molecule has 0 radical (unpaired) electrons. The molecule has 1 aliphatic rings. The minimum Gasteiger partial charge on any atom is -0.497 e. The van der Waals surface area contributed by atoms with Crippen molar-refractivity contribution in [3.63, 3.8) is 0 Å². The van der Waals surface area contributed by atoms with Crippen LogP contribution in [0.4, 0.5) is 0 Å². The summed E-state index contributed by atoms with van der Waals surface area (Å²) in [6.45, 7) is 5.46. The molecule has 154 valence electrons. The third-order valence-electron chi connectivity index (χ3n) is 5.08. The van der Waals surface area contributed by atoms with E-state index in [0.29, 0.717) is 19.5 Å². The summed E-state index contributed by atoms with van der Waals surface area (Å²) >= 11 is 0. The van der Waals surface area contributed by atoms with E-state index in [1.165, 1.54) is 5.56 Å². The quantitative estimate of drug-likeness (QED) is 0.745. The maximum atomic E-state index is 12.6. The second kappa shape index (κ2) is 9.45. The summed E-state index contributed by atoms with van der Waals surface area (Å²) in [7, 11) is 1.62. The maximum absolute atomic E-state index is 12.6. The molecular weight excluding hydrogens is 368 g/mol. The molecule has 1 atom stereocenters. The Morgan fingerprint density at radius 2 is 1.93 bits per heavy atom. The maximum Gasteiger partial charge on any atom is 0.245 e. The largest absolute Gasteiger partial charge is 0.497 e. The van der Waals surface area contributed by atoms with Gasteiger partial charge < -0.3 is 19.7 Å². The van der Waals surface area contributed by atoms with Crippen molar-refractivity contribution in [2.75, 3.05) is 20.3 Å². The van der Waals surface area contributed by atoms with Crippen molar-refractivity contribution in [3.8, 4) is 11.5 Å². The lowest BCUT2D eigenvalue weighted by molar-refractivity contribution is -0.133. The van der Waals surface area contributed by atoms with Crippen molar-refractivity contribution in [3.05, 3.63) is 59.2 Å². The number of carbonyl (C=O) groups is 2. The second-order valence-corrected chi connectivity index (χ2v) is 7.38. The molecule has 6 heteroatoms. The molecule has 0 aliphatic carbocycles. The van der Waals surface area contributed by atoms with Gasteiger partial charge in [0.1, 0.15) is 17.5 Å². The lowest BCUT2D eigenvalue weighted by atomic mass is 10.1. The predicted octanol–water partition coefficient (Wildman–Crippen LogP) is 3.00. The van der Waals surface area contributed by atoms with Crippen LogP contribution in [0.1, 0.15) is 29.5 Å². The Hall–Kier alpha value is -3.02. The van der Waals surface area contributed by atoms with E-state index in [0.717, 1.165) is 22.6 Å². The van der Waals surface area contributed by atoms with Crippen LogP contribution in [0.5, 0.6) is 11.5 Å². The Labute approximate surface area is 171 Å². The smallest absolute Gasteiger partial charge is 0.245 e. The number of methoxy groups -OCH3 is 1. The van der Waals surface area contributed by atoms with E-state index in [1.807, 2.05) is 56.3 Å². The normalized spacial score (nSPS) is 16.0. The van der Waals surface area contributed by atoms with Crippen LogP contribution in [0.15, 0.2) is 42.5 Å². The van der Waals surface area contributed by atoms with Crippen molar-refractivity contribution >= 4 is 11.8 Å². The second-order valence-electron chi connectivity index (χ2n) is 7.38. The molecule has 1 heterocycles. The first-order valence-electron chi connectivity index (χ1n) is 9.87. The third kappa shape index (κ3) is 5.50. The summed E-state index contributed by atoms with van der Waals surface area (Å²) in [5.74, 6) is 1.37. The summed E-state index contributed by atoms with van der Waals surface area (Å²) in [5.41, 5.74) is 3.25. The molecule has 1 fully saturated rings. The molecule has 1 N–H and O–H groups in total. The van der Waals surface area contributed by atoms with E-state index < -0.39 is 6.04 Å². The summed E-state index contributed by atoms with van der Waals surface area (Å²) in [6, 6.07) is 13.1. The molecule has 1 saturated heterocycles. The van der Waals surface area contributed by atoms with Gasteiger partial charge in [-0.05, 0) is 49.6 Å². The zero-order chi connectivity index (χ0) is 20.8. The fourth-order valence-electron chi connectivity index (χ4n) is 3.46. The number of benzene rings is 2. The molecule has 0 spiro atoms. The van der Waals surface area contributed by atoms with Crippen molar-refractivity contribution in [1.29, 1.82) is 0 Å². The van der Waals surface area contributed by atoms with Gasteiger partial charge in [-0.15, -0.1) is 0 Å². The SMILES string of the molecule is COc1ccc(CN2CC[C@@H](NC(=O)CCOc3ccc(C)cc3C)C2=O)cc1. The molecule has 0 bridgehead atoms. The number of hydrogen-bond acceptors (Lipinski definition) is 4. The van der Waals surface area contributed by atoms with Crippen molar-refractivity contribution in [2.24, 2.45) is 0 Å². The van der Waals surface area contributed by atoms with Crippen molar-refractivity contribution in [2.45, 2.75) is 39.3 Å². The van der Waals surface area contributed by atoms with Gasteiger partial charge in [0, 0.05) is 13.1 Å². The number of ether oxygens (including phenoxy) is 2. The molecule has 2 aromatic rings. The average molecular weight is 396 g/mol. The first-order valence-corrected chi connectivity index (χ1v) is 9.87. The molecule has 29 heavy (non-hydrogen) atoms. The monoisotopic (exact) mass is 396 g/mol. The Balaban J connectivity index is 1.44. The van der Waals surface area contributed by atoms with E-state index in [1.54, 1.807) is 12.0 Å². The molecular formula is C23H28N2O4. The summed E-state index contributed by atoms with van der Waals surface area (Å²) < 4.78 is 10.9. The molecule has 6 nitrogen and oxygen atoms in total. The first kappa shape index (κ1) is 20.7. The van der Waals surface area contributed by atoms with Gasteiger partial charge in [-0.25, -0.2) is 0 Å². The lowest BCUT2D eigenvalue weighted by Crippen LogP contribution is -2.41. The third-order valence-corrected chi connectivity index (χ3v) is 5.08. The van der Waals surface area contributed by atoms with Gasteiger partial charge in [0.15, 0.2) is 0 Å². The minimum atomic E-state index is -0.457. The Bertz CT molecular complexity index is 864. The molecule has 1 aliphatic heterocycles. The van der Waals surface area contributed by atoms with E-state index in [4.69, 9.17) is 9.47 Å². The summed E-state index contributed by atoms with van der Waals surface area (Å²) in [4.78, 5) is 26.6. The van der Waals surface area contributed by atoms with Crippen molar-refractivity contribution in [1.82, 2.24) is 10.2 Å². The van der Waals surface area contributed by atoms with E-state index in [-0.39, 0.29) is 24.8 Å². The topological polar surface area (TPSA) is 67.9 Å². The van der Waals surface area contributed by atoms with Gasteiger partial charge in [0.05, 0.1) is 20.1 Å². The Kier molecular flexibility index (Phi) is 6.75. The number of hydrogen-bond donors (Lipinski definition) is 1. The molecule has 0 unspecified atom stereocenters. The van der Waals surface area contributed by atoms with Gasteiger partial charge in [-0.1, -0.05) is 29.8 Å². The van der Waals surface area contributed by atoms with E-state index >= 15 is 0 Å². The Morgan fingerprint density at radius 1 is 1.17 bits per heavy atom. The average Bonchev–Trinajstić information content (AvgIpc) is 3.03. The molecule has 2 aromatic carbocycles.